The summed E-state index contributed by atoms with van der Waals surface area (Å²) >= 11 is 0. The zero-order chi connectivity index (χ0) is 13.9. The number of amides is 1. The summed E-state index contributed by atoms with van der Waals surface area (Å²) in [4.78, 5) is 12.1. The van der Waals surface area contributed by atoms with Crippen molar-refractivity contribution >= 4 is 15.7 Å². The fourth-order valence-corrected chi connectivity index (χ4v) is 2.65. The van der Waals surface area contributed by atoms with E-state index >= 15 is 0 Å². The van der Waals surface area contributed by atoms with Crippen LogP contribution in [0.3, 0.4) is 0 Å². The van der Waals surface area contributed by atoms with Gasteiger partial charge in [0.2, 0.25) is 0 Å². The van der Waals surface area contributed by atoms with E-state index in [4.69, 9.17) is 4.74 Å². The smallest absolute Gasteiger partial charge is 0.251 e. The van der Waals surface area contributed by atoms with Gasteiger partial charge in [0.05, 0.1) is 11.0 Å². The summed E-state index contributed by atoms with van der Waals surface area (Å²) < 4.78 is 28.3. The monoisotopic (exact) mass is 283 g/mol. The molecule has 0 bridgehead atoms. The number of carbonyl (C=O) groups excluding carboxylic acids is 1. The number of benzene rings is 1. The van der Waals surface area contributed by atoms with Crippen molar-refractivity contribution in [3.05, 3.63) is 29.8 Å². The second kappa shape index (κ2) is 5.71. The van der Waals surface area contributed by atoms with Crippen LogP contribution in [0.4, 0.5) is 0 Å². The molecule has 0 spiro atoms. The van der Waals surface area contributed by atoms with Gasteiger partial charge in [0.1, 0.15) is 0 Å². The molecule has 0 aromatic heterocycles. The Kier molecular flexibility index (Phi) is 4.21. The Morgan fingerprint density at radius 3 is 2.89 bits per heavy atom. The van der Waals surface area contributed by atoms with Crippen molar-refractivity contribution in [1.82, 2.24) is 5.32 Å². The van der Waals surface area contributed by atoms with Gasteiger partial charge in [0, 0.05) is 25.0 Å². The van der Waals surface area contributed by atoms with Gasteiger partial charge in [-0.2, -0.15) is 0 Å². The molecule has 1 heterocycles. The number of carbonyl (C=O) groups is 1. The molecule has 104 valence electrons. The minimum absolute atomic E-state index is 0.0713. The molecule has 1 fully saturated rings. The van der Waals surface area contributed by atoms with E-state index in [-0.39, 0.29) is 16.9 Å². The molecular formula is C13H17NO4S. The lowest BCUT2D eigenvalue weighted by Gasteiger charge is -2.11. The number of hydrogen-bond donors (Lipinski definition) is 1. The topological polar surface area (TPSA) is 72.5 Å². The Balaban J connectivity index is 2.02. The molecule has 1 atom stereocenters. The van der Waals surface area contributed by atoms with Crippen molar-refractivity contribution < 1.29 is 17.9 Å². The van der Waals surface area contributed by atoms with Gasteiger partial charge in [0.15, 0.2) is 9.84 Å². The lowest BCUT2D eigenvalue weighted by molar-refractivity contribution is 0.0857. The highest BCUT2D eigenvalue weighted by Gasteiger charge is 2.17. The molecule has 1 aliphatic heterocycles. The average molecular weight is 283 g/mol. The van der Waals surface area contributed by atoms with Gasteiger partial charge >= 0.3 is 0 Å². The third-order valence-electron chi connectivity index (χ3n) is 3.04. The number of sulfone groups is 1. The largest absolute Gasteiger partial charge is 0.376 e. The molecule has 1 N–H and O–H groups in total. The van der Waals surface area contributed by atoms with Crippen molar-refractivity contribution in [1.29, 1.82) is 0 Å². The predicted molar refractivity (Wildman–Crippen MR) is 70.9 cm³/mol. The predicted octanol–water partition coefficient (Wildman–Crippen LogP) is 0.999. The Morgan fingerprint density at radius 1 is 1.47 bits per heavy atom. The van der Waals surface area contributed by atoms with E-state index in [0.29, 0.717) is 12.1 Å². The summed E-state index contributed by atoms with van der Waals surface area (Å²) in [6, 6.07) is 6.03. The van der Waals surface area contributed by atoms with Crippen LogP contribution in [0.1, 0.15) is 23.2 Å². The second-order valence-corrected chi connectivity index (χ2v) is 6.66. The van der Waals surface area contributed by atoms with Gasteiger partial charge in [-0.3, -0.25) is 4.79 Å². The van der Waals surface area contributed by atoms with Crippen molar-refractivity contribution in [2.75, 3.05) is 19.4 Å². The zero-order valence-electron chi connectivity index (χ0n) is 10.8. The Bertz CT molecular complexity index is 562. The Hall–Kier alpha value is -1.40. The fourth-order valence-electron chi connectivity index (χ4n) is 1.98. The van der Waals surface area contributed by atoms with E-state index in [9.17, 15) is 13.2 Å². The summed E-state index contributed by atoms with van der Waals surface area (Å²) in [6.45, 7) is 1.20. The molecule has 1 saturated heterocycles. The number of hydrogen-bond acceptors (Lipinski definition) is 4. The van der Waals surface area contributed by atoms with E-state index in [1.807, 2.05) is 0 Å². The first-order valence-corrected chi connectivity index (χ1v) is 8.06. The average Bonchev–Trinajstić information content (AvgIpc) is 2.88. The Morgan fingerprint density at radius 2 is 2.26 bits per heavy atom. The minimum Gasteiger partial charge on any atom is -0.376 e. The summed E-state index contributed by atoms with van der Waals surface area (Å²) in [5, 5.41) is 2.76. The van der Waals surface area contributed by atoms with Gasteiger partial charge in [-0.25, -0.2) is 8.42 Å². The summed E-state index contributed by atoms with van der Waals surface area (Å²) in [5.74, 6) is -0.277. The summed E-state index contributed by atoms with van der Waals surface area (Å²) in [5.41, 5.74) is 0.348. The molecule has 1 aromatic rings. The molecule has 2 rings (SSSR count). The van der Waals surface area contributed by atoms with Crippen LogP contribution in [-0.2, 0) is 14.6 Å². The minimum atomic E-state index is -3.29. The molecular weight excluding hydrogens is 266 g/mol. The maximum Gasteiger partial charge on any atom is 0.251 e. The zero-order valence-corrected chi connectivity index (χ0v) is 11.6. The molecule has 5 nitrogen and oxygen atoms in total. The van der Waals surface area contributed by atoms with Crippen LogP contribution >= 0.6 is 0 Å². The van der Waals surface area contributed by atoms with Gasteiger partial charge in [-0.1, -0.05) is 6.07 Å². The first-order valence-electron chi connectivity index (χ1n) is 6.17. The molecule has 6 heteroatoms. The second-order valence-electron chi connectivity index (χ2n) is 4.65. The summed E-state index contributed by atoms with van der Waals surface area (Å²) in [6.07, 6.45) is 3.16. The number of rotatable bonds is 4. The Labute approximate surface area is 112 Å². The van der Waals surface area contributed by atoms with Gasteiger partial charge < -0.3 is 10.1 Å². The van der Waals surface area contributed by atoms with Crippen LogP contribution in [0, 0.1) is 0 Å². The molecule has 1 aromatic carbocycles. The van der Waals surface area contributed by atoms with Crippen LogP contribution in [-0.4, -0.2) is 39.8 Å². The van der Waals surface area contributed by atoms with E-state index in [2.05, 4.69) is 5.32 Å². The first-order chi connectivity index (χ1) is 8.97. The van der Waals surface area contributed by atoms with Crippen molar-refractivity contribution in [2.24, 2.45) is 0 Å². The standard InChI is InChI=1S/C13H17NO4S/c1-19(16,17)12-6-2-4-10(8-12)13(15)14-9-11-5-3-7-18-11/h2,4,6,8,11H,3,5,7,9H2,1H3,(H,14,15)/t11-/m0/s1. The van der Waals surface area contributed by atoms with Crippen molar-refractivity contribution in [3.63, 3.8) is 0 Å². The highest BCUT2D eigenvalue weighted by Crippen LogP contribution is 2.13. The number of ether oxygens (including phenoxy) is 1. The van der Waals surface area contributed by atoms with Gasteiger partial charge in [-0.05, 0) is 31.0 Å². The van der Waals surface area contributed by atoms with E-state index < -0.39 is 9.84 Å². The van der Waals surface area contributed by atoms with Gasteiger partial charge in [0.25, 0.3) is 5.91 Å². The fraction of sp³-hybridized carbons (Fsp3) is 0.462. The van der Waals surface area contributed by atoms with E-state index in [1.54, 1.807) is 12.1 Å². The number of nitrogens with one attached hydrogen (secondary N) is 1. The van der Waals surface area contributed by atoms with Crippen LogP contribution in [0.2, 0.25) is 0 Å². The van der Waals surface area contributed by atoms with Crippen LogP contribution in [0.15, 0.2) is 29.2 Å². The molecule has 0 radical (unpaired) electrons. The summed E-state index contributed by atoms with van der Waals surface area (Å²) in [7, 11) is -3.29. The van der Waals surface area contributed by atoms with Crippen LogP contribution in [0.5, 0.6) is 0 Å². The highest BCUT2D eigenvalue weighted by molar-refractivity contribution is 7.90. The third kappa shape index (κ3) is 3.78. The lowest BCUT2D eigenvalue weighted by atomic mass is 10.2. The van der Waals surface area contributed by atoms with Crippen molar-refractivity contribution in [3.8, 4) is 0 Å². The molecule has 0 saturated carbocycles. The van der Waals surface area contributed by atoms with E-state index in [1.165, 1.54) is 12.1 Å². The van der Waals surface area contributed by atoms with Crippen LogP contribution < -0.4 is 5.32 Å². The van der Waals surface area contributed by atoms with Gasteiger partial charge in [-0.15, -0.1) is 0 Å². The molecule has 1 amide bonds. The lowest BCUT2D eigenvalue weighted by Crippen LogP contribution is -2.31. The quantitative estimate of drug-likeness (QED) is 0.894. The molecule has 0 aliphatic carbocycles. The maximum absolute atomic E-state index is 11.9. The molecule has 0 unspecified atom stereocenters. The SMILES string of the molecule is CS(=O)(=O)c1cccc(C(=O)NC[C@@H]2CCCO2)c1. The third-order valence-corrected chi connectivity index (χ3v) is 4.15. The van der Waals surface area contributed by atoms with Crippen molar-refractivity contribution in [2.45, 2.75) is 23.8 Å². The molecule has 1 aliphatic rings. The highest BCUT2D eigenvalue weighted by atomic mass is 32.2. The van der Waals surface area contributed by atoms with E-state index in [0.717, 1.165) is 25.7 Å². The molecule has 19 heavy (non-hydrogen) atoms. The van der Waals surface area contributed by atoms with Crippen LogP contribution in [0.25, 0.3) is 0 Å². The first kappa shape index (κ1) is 14.0. The normalized spacial score (nSPS) is 19.3. The maximum atomic E-state index is 11.9.